The molecule has 0 bridgehead atoms. The lowest BCUT2D eigenvalue weighted by atomic mass is 9.96. The van der Waals surface area contributed by atoms with Crippen molar-refractivity contribution in [2.24, 2.45) is 0 Å². The summed E-state index contributed by atoms with van der Waals surface area (Å²) in [6.45, 7) is 2.12. The normalized spacial score (nSPS) is 19.2. The van der Waals surface area contributed by atoms with Crippen LogP contribution in [0.25, 0.3) is 65.0 Å². The fourth-order valence-electron chi connectivity index (χ4n) is 12.7. The van der Waals surface area contributed by atoms with Gasteiger partial charge in [0.2, 0.25) is 17.1 Å². The van der Waals surface area contributed by atoms with E-state index in [0.29, 0.717) is 91.1 Å². The number of nitrogens with one attached hydrogen (secondary N) is 2. The van der Waals surface area contributed by atoms with Gasteiger partial charge in [0.25, 0.3) is 16.7 Å². The average Bonchev–Trinajstić information content (AvgIpc) is 0.812. The van der Waals surface area contributed by atoms with Crippen molar-refractivity contribution in [3.05, 3.63) is 256 Å². The number of aromatic amines is 2. The molecule has 15 rings (SSSR count). The molecule has 0 saturated carbocycles. The number of nitrogens with zero attached hydrogens (tertiary/aromatic N) is 7. The summed E-state index contributed by atoms with van der Waals surface area (Å²) in [6, 6.07) is 37.7. The van der Waals surface area contributed by atoms with Crippen LogP contribution in [0.5, 0.6) is 0 Å². The molecule has 20 nitrogen and oxygen atoms in total. The molecule has 5 N–H and O–H groups in total. The minimum atomic E-state index is -0.749. The number of ether oxygens (including phenoxy) is 3. The number of pyridine rings is 3. The Morgan fingerprint density at radius 2 is 0.758 bits per heavy atom. The molecule has 3 saturated heterocycles. The van der Waals surface area contributed by atoms with Crippen molar-refractivity contribution in [1.29, 1.82) is 0 Å². The van der Waals surface area contributed by atoms with Gasteiger partial charge in [0, 0.05) is 66.7 Å². The lowest BCUT2D eigenvalue weighted by molar-refractivity contribution is -0.0395. The minimum Gasteiger partial charge on any atom is -0.389 e. The van der Waals surface area contributed by atoms with Crippen molar-refractivity contribution in [2.45, 2.75) is 75.0 Å². The molecule has 0 unspecified atom stereocenters. The van der Waals surface area contributed by atoms with Gasteiger partial charge in [-0.05, 0) is 112 Å². The second-order valence-electron chi connectivity index (χ2n) is 22.9. The monoisotopic (exact) mass is 1250 g/mol. The van der Waals surface area contributed by atoms with E-state index in [4.69, 9.17) is 14.2 Å². The Bertz CT molecular complexity index is 4750. The summed E-state index contributed by atoms with van der Waals surface area (Å²) in [7, 11) is 0. The van der Waals surface area contributed by atoms with Gasteiger partial charge in [-0.2, -0.15) is 4.39 Å². The van der Waals surface area contributed by atoms with Crippen LogP contribution >= 0.6 is 12.4 Å². The Morgan fingerprint density at radius 1 is 0.429 bits per heavy atom. The van der Waals surface area contributed by atoms with Gasteiger partial charge in [-0.3, -0.25) is 37.7 Å². The molecule has 0 spiro atoms. The molecule has 91 heavy (non-hydrogen) atoms. The molecule has 0 radical (unpaired) electrons. The SMILES string of the molecule is Cl.O=c1c2cc(Cc3ccc(F)nc3)c3ccccc3c2ncn1[C@H]1CCOC[C@@H]1O.O=c1ccc(Cc2cc3c(=O)n([C@H]4CCOC[C@@H]4O)cnc3c3ccccc23)c[nH]1.O=c1ccc(Cc2cc3c(=O)n([C@H]4CCOC[C@@H]4O)cnc3c3ccccc23)c[nH]1. The molecule has 3 aliphatic heterocycles. The van der Waals surface area contributed by atoms with Crippen LogP contribution in [0.4, 0.5) is 4.39 Å². The second kappa shape index (κ2) is 26.9. The first-order chi connectivity index (χ1) is 43.8. The lowest BCUT2D eigenvalue weighted by Crippen LogP contribution is -2.39. The third kappa shape index (κ3) is 12.7. The van der Waals surface area contributed by atoms with E-state index in [1.165, 1.54) is 57.1 Å². The van der Waals surface area contributed by atoms with E-state index in [-0.39, 0.29) is 78.1 Å². The highest BCUT2D eigenvalue weighted by Gasteiger charge is 2.30. The Balaban J connectivity index is 0.000000131. The first-order valence-electron chi connectivity index (χ1n) is 29.8. The van der Waals surface area contributed by atoms with Crippen LogP contribution in [0.3, 0.4) is 0 Å². The predicted octanol–water partition coefficient (Wildman–Crippen LogP) is 7.72. The first-order valence-corrected chi connectivity index (χ1v) is 29.8. The van der Waals surface area contributed by atoms with Crippen LogP contribution in [0.2, 0.25) is 0 Å². The van der Waals surface area contributed by atoms with E-state index in [9.17, 15) is 43.7 Å². The van der Waals surface area contributed by atoms with Crippen molar-refractivity contribution in [1.82, 2.24) is 43.6 Å². The molecular formula is C69H63ClFN9O11. The first kappa shape index (κ1) is 61.8. The number of rotatable bonds is 9. The van der Waals surface area contributed by atoms with Crippen LogP contribution < -0.4 is 27.8 Å². The van der Waals surface area contributed by atoms with Crippen LogP contribution in [0.15, 0.2) is 189 Å². The van der Waals surface area contributed by atoms with Gasteiger partial charge in [-0.25, -0.2) is 19.9 Å². The maximum atomic E-state index is 13.4. The molecule has 12 aromatic rings. The molecule has 464 valence electrons. The van der Waals surface area contributed by atoms with E-state index >= 15 is 0 Å². The van der Waals surface area contributed by atoms with E-state index < -0.39 is 24.3 Å². The number of hydrogen-bond acceptors (Lipinski definition) is 15. The molecule has 0 aliphatic carbocycles. The Hall–Kier alpha value is -9.45. The zero-order chi connectivity index (χ0) is 62.0. The maximum Gasteiger partial charge on any atom is 0.261 e. The topological polar surface area (TPSA) is 272 Å². The van der Waals surface area contributed by atoms with Gasteiger partial charge < -0.3 is 39.5 Å². The zero-order valence-corrected chi connectivity index (χ0v) is 49.9. The fourth-order valence-corrected chi connectivity index (χ4v) is 12.7. The Kier molecular flexibility index (Phi) is 18.3. The molecule has 0 amide bonds. The zero-order valence-electron chi connectivity index (χ0n) is 49.1. The van der Waals surface area contributed by atoms with Crippen LogP contribution in [-0.4, -0.2) is 117 Å². The molecule has 9 heterocycles. The third-order valence-corrected chi connectivity index (χ3v) is 17.2. The lowest BCUT2D eigenvalue weighted by Gasteiger charge is -2.29. The fraction of sp³-hybridized carbons (Fsp3) is 0.261. The van der Waals surface area contributed by atoms with E-state index in [1.54, 1.807) is 30.6 Å². The number of fused-ring (bicyclic) bond motifs is 9. The summed E-state index contributed by atoms with van der Waals surface area (Å²) in [5.74, 6) is -0.524. The molecule has 22 heteroatoms. The molecule has 6 atom stereocenters. The number of halogens is 2. The third-order valence-electron chi connectivity index (χ3n) is 17.2. The molecule has 3 aliphatic rings. The standard InChI is InChI=1S/C23H20FN3O3.2C23H21N3O4.ClH/c24-21-6-5-14(11-25-21)9-15-10-18-22(17-4-2-1-3-16(15)17)26-13-27(23(18)29)19-7-8-30-12-20(19)28;2*27-20-12-30-8-7-19(20)26-13-25-22-17-4-2-1-3-16(17)15(10-18(22)23(26)29)9-14-5-6-21(28)24-11-14;/h1-6,10-11,13,19-20,28H,7-9,12H2;2*1-6,10-11,13,19-20,27H,7-9,12H2,(H,24,28);1H/t3*19-,20-;/m000./s1. The highest BCUT2D eigenvalue weighted by atomic mass is 35.5. The summed E-state index contributed by atoms with van der Waals surface area (Å²) in [4.78, 5) is 85.9. The average molecular weight is 1250 g/mol. The van der Waals surface area contributed by atoms with Crippen LogP contribution in [0.1, 0.15) is 70.8 Å². The smallest absolute Gasteiger partial charge is 0.261 e. The van der Waals surface area contributed by atoms with Gasteiger partial charge in [0.15, 0.2) is 0 Å². The van der Waals surface area contributed by atoms with Crippen molar-refractivity contribution in [3.63, 3.8) is 0 Å². The Morgan fingerprint density at radius 3 is 1.07 bits per heavy atom. The van der Waals surface area contributed by atoms with Crippen molar-refractivity contribution < 1.29 is 33.9 Å². The number of aliphatic hydroxyl groups excluding tert-OH is 3. The Labute approximate surface area is 523 Å². The van der Waals surface area contributed by atoms with Crippen molar-refractivity contribution in [3.8, 4) is 0 Å². The van der Waals surface area contributed by atoms with E-state index in [0.717, 1.165) is 65.7 Å². The number of benzene rings is 6. The van der Waals surface area contributed by atoms with Crippen molar-refractivity contribution >= 4 is 77.4 Å². The molecular weight excluding hydrogens is 1190 g/mol. The quantitative estimate of drug-likeness (QED) is 0.0684. The van der Waals surface area contributed by atoms with Gasteiger partial charge in [0.05, 0.1) is 108 Å². The highest BCUT2D eigenvalue weighted by Crippen LogP contribution is 2.33. The number of H-pyrrole nitrogens is 2. The summed E-state index contributed by atoms with van der Waals surface area (Å²) in [6.07, 6.45) is 10.6. The second-order valence-corrected chi connectivity index (χ2v) is 22.9. The minimum absolute atomic E-state index is 0. The molecule has 3 fully saturated rings. The summed E-state index contributed by atoms with van der Waals surface area (Å²) < 4.78 is 33.7. The summed E-state index contributed by atoms with van der Waals surface area (Å²) in [5, 5.41) is 38.2. The van der Waals surface area contributed by atoms with E-state index in [2.05, 4.69) is 29.9 Å². The number of hydrogen-bond donors (Lipinski definition) is 5. The van der Waals surface area contributed by atoms with Gasteiger partial charge >= 0.3 is 0 Å². The largest absolute Gasteiger partial charge is 0.389 e. The van der Waals surface area contributed by atoms with Crippen molar-refractivity contribution in [2.75, 3.05) is 39.6 Å². The van der Waals surface area contributed by atoms with Crippen LogP contribution in [-0.2, 0) is 33.5 Å². The van der Waals surface area contributed by atoms with Gasteiger partial charge in [-0.15, -0.1) is 12.4 Å². The van der Waals surface area contributed by atoms with Gasteiger partial charge in [0.1, 0.15) is 0 Å². The molecule has 6 aromatic heterocycles. The summed E-state index contributed by atoms with van der Waals surface area (Å²) >= 11 is 0. The summed E-state index contributed by atoms with van der Waals surface area (Å²) in [5.41, 5.74) is 6.77. The number of aliphatic hydroxyl groups is 3. The predicted molar refractivity (Wildman–Crippen MR) is 346 cm³/mol. The van der Waals surface area contributed by atoms with Crippen LogP contribution in [0, 0.1) is 5.95 Å². The van der Waals surface area contributed by atoms with Gasteiger partial charge in [-0.1, -0.05) is 91.0 Å². The molecule has 6 aromatic carbocycles. The highest BCUT2D eigenvalue weighted by molar-refractivity contribution is 6.08. The van der Waals surface area contributed by atoms with E-state index in [1.807, 2.05) is 91.0 Å². The number of aromatic nitrogens is 9. The maximum absolute atomic E-state index is 13.4.